The van der Waals surface area contributed by atoms with E-state index in [1.165, 1.54) is 25.9 Å². The van der Waals surface area contributed by atoms with Crippen LogP contribution in [0.5, 0.6) is 0 Å². The summed E-state index contributed by atoms with van der Waals surface area (Å²) >= 11 is 0. The third-order valence-corrected chi connectivity index (χ3v) is 2.49. The third kappa shape index (κ3) is 2.04. The van der Waals surface area contributed by atoms with Gasteiger partial charge in [-0.2, -0.15) is 0 Å². The molecule has 1 aromatic rings. The third-order valence-electron chi connectivity index (χ3n) is 2.49. The van der Waals surface area contributed by atoms with Crippen molar-refractivity contribution in [2.24, 2.45) is 0 Å². The van der Waals surface area contributed by atoms with E-state index in [0.29, 0.717) is 0 Å². The van der Waals surface area contributed by atoms with E-state index in [0.717, 1.165) is 18.2 Å². The Morgan fingerprint density at radius 2 is 2.15 bits per heavy atom. The Balaban J connectivity index is 1.92. The molecule has 13 heavy (non-hydrogen) atoms. The van der Waals surface area contributed by atoms with Crippen molar-refractivity contribution in [1.29, 1.82) is 0 Å². The lowest BCUT2D eigenvalue weighted by Crippen LogP contribution is -2.17. The second-order valence-electron chi connectivity index (χ2n) is 3.50. The molecular formula is C10H16N2O. The van der Waals surface area contributed by atoms with Crippen molar-refractivity contribution in [2.45, 2.75) is 19.4 Å². The number of rotatable bonds is 3. The fourth-order valence-corrected chi connectivity index (χ4v) is 1.76. The van der Waals surface area contributed by atoms with Gasteiger partial charge in [-0.1, -0.05) is 0 Å². The summed E-state index contributed by atoms with van der Waals surface area (Å²) in [6.45, 7) is 3.40. The van der Waals surface area contributed by atoms with Crippen LogP contribution < -0.4 is 5.32 Å². The highest BCUT2D eigenvalue weighted by Gasteiger charge is 2.13. The van der Waals surface area contributed by atoms with Crippen LogP contribution in [0, 0.1) is 0 Å². The fraction of sp³-hybridized carbons (Fsp3) is 0.600. The zero-order valence-corrected chi connectivity index (χ0v) is 8.05. The summed E-state index contributed by atoms with van der Waals surface area (Å²) < 4.78 is 5.54. The first-order chi connectivity index (χ1) is 6.38. The molecule has 3 heteroatoms. The average Bonchev–Trinajstić information content (AvgIpc) is 2.76. The molecule has 0 aliphatic carbocycles. The van der Waals surface area contributed by atoms with E-state index in [-0.39, 0.29) is 0 Å². The van der Waals surface area contributed by atoms with Crippen LogP contribution in [0.1, 0.15) is 18.6 Å². The van der Waals surface area contributed by atoms with Gasteiger partial charge >= 0.3 is 0 Å². The van der Waals surface area contributed by atoms with Crippen molar-refractivity contribution < 1.29 is 4.42 Å². The maximum atomic E-state index is 5.54. The smallest absolute Gasteiger partial charge is 0.192 e. The van der Waals surface area contributed by atoms with E-state index < -0.39 is 0 Å². The number of furan rings is 1. The summed E-state index contributed by atoms with van der Waals surface area (Å²) in [4.78, 5) is 2.43. The molecule has 0 bridgehead atoms. The van der Waals surface area contributed by atoms with Crippen molar-refractivity contribution in [1.82, 2.24) is 4.90 Å². The van der Waals surface area contributed by atoms with Gasteiger partial charge in [-0.15, -0.1) is 0 Å². The maximum absolute atomic E-state index is 5.54. The zero-order chi connectivity index (χ0) is 9.10. The van der Waals surface area contributed by atoms with Crippen molar-refractivity contribution in [3.63, 3.8) is 0 Å². The van der Waals surface area contributed by atoms with Crippen LogP contribution >= 0.6 is 0 Å². The van der Waals surface area contributed by atoms with Crippen molar-refractivity contribution >= 4 is 5.88 Å². The fourth-order valence-electron chi connectivity index (χ4n) is 1.76. The van der Waals surface area contributed by atoms with Crippen LogP contribution in [0.2, 0.25) is 0 Å². The normalized spacial score (nSPS) is 17.9. The minimum absolute atomic E-state index is 0.856. The number of likely N-dealkylation sites (tertiary alicyclic amines) is 1. The summed E-state index contributed by atoms with van der Waals surface area (Å²) in [5.74, 6) is 1.92. The highest BCUT2D eigenvalue weighted by atomic mass is 16.4. The van der Waals surface area contributed by atoms with Crippen molar-refractivity contribution in [2.75, 3.05) is 25.5 Å². The molecule has 2 heterocycles. The molecule has 1 saturated heterocycles. The largest absolute Gasteiger partial charge is 0.444 e. The molecule has 1 aliphatic rings. The Morgan fingerprint density at radius 3 is 2.77 bits per heavy atom. The van der Waals surface area contributed by atoms with Gasteiger partial charge in [-0.3, -0.25) is 4.90 Å². The molecule has 2 rings (SSSR count). The summed E-state index contributed by atoms with van der Waals surface area (Å²) in [5, 5.41) is 2.99. The lowest BCUT2D eigenvalue weighted by molar-refractivity contribution is 0.299. The van der Waals surface area contributed by atoms with E-state index in [9.17, 15) is 0 Å². The number of nitrogens with one attached hydrogen (secondary N) is 1. The van der Waals surface area contributed by atoms with Gasteiger partial charge in [0.15, 0.2) is 5.88 Å². The average molecular weight is 180 g/mol. The zero-order valence-electron chi connectivity index (χ0n) is 8.05. The molecule has 1 aliphatic heterocycles. The highest BCUT2D eigenvalue weighted by Crippen LogP contribution is 2.17. The lowest BCUT2D eigenvalue weighted by Gasteiger charge is -2.11. The molecule has 0 aromatic carbocycles. The van der Waals surface area contributed by atoms with E-state index in [1.807, 2.05) is 19.2 Å². The number of anilines is 1. The van der Waals surface area contributed by atoms with E-state index in [2.05, 4.69) is 10.2 Å². The molecule has 0 unspecified atom stereocenters. The monoisotopic (exact) mass is 180 g/mol. The maximum Gasteiger partial charge on any atom is 0.192 e. The first-order valence-corrected chi connectivity index (χ1v) is 4.87. The van der Waals surface area contributed by atoms with Gasteiger partial charge in [0, 0.05) is 13.1 Å². The standard InChI is InChI=1S/C10H16N2O/c1-11-10-5-4-9(13-10)8-12-6-2-3-7-12/h4-5,11H,2-3,6-8H2,1H3. The molecule has 1 fully saturated rings. The Labute approximate surface area is 78.7 Å². The lowest BCUT2D eigenvalue weighted by atomic mass is 10.4. The molecule has 1 N–H and O–H groups in total. The molecule has 0 radical (unpaired) electrons. The highest BCUT2D eigenvalue weighted by molar-refractivity contribution is 5.30. The van der Waals surface area contributed by atoms with Crippen LogP contribution in [0.3, 0.4) is 0 Å². The quantitative estimate of drug-likeness (QED) is 0.770. The van der Waals surface area contributed by atoms with Crippen molar-refractivity contribution in [3.05, 3.63) is 17.9 Å². The first-order valence-electron chi connectivity index (χ1n) is 4.87. The van der Waals surface area contributed by atoms with Gasteiger partial charge < -0.3 is 9.73 Å². The van der Waals surface area contributed by atoms with Crippen LogP contribution in [0.15, 0.2) is 16.5 Å². The summed E-state index contributed by atoms with van der Waals surface area (Å²) in [5.41, 5.74) is 0. The molecule has 72 valence electrons. The molecule has 0 spiro atoms. The second kappa shape index (κ2) is 3.83. The van der Waals surface area contributed by atoms with Crippen molar-refractivity contribution in [3.8, 4) is 0 Å². The summed E-state index contributed by atoms with van der Waals surface area (Å²) in [6, 6.07) is 4.02. The minimum Gasteiger partial charge on any atom is -0.444 e. The summed E-state index contributed by atoms with van der Waals surface area (Å²) in [7, 11) is 1.87. The van der Waals surface area contributed by atoms with Gasteiger partial charge in [-0.25, -0.2) is 0 Å². The Kier molecular flexibility index (Phi) is 2.54. The van der Waals surface area contributed by atoms with Gasteiger partial charge in [0.2, 0.25) is 0 Å². The number of hydrogen-bond donors (Lipinski definition) is 1. The van der Waals surface area contributed by atoms with E-state index >= 15 is 0 Å². The molecule has 0 atom stereocenters. The minimum atomic E-state index is 0.856. The molecule has 0 saturated carbocycles. The number of nitrogens with zero attached hydrogens (tertiary/aromatic N) is 1. The first kappa shape index (κ1) is 8.63. The van der Waals surface area contributed by atoms with Crippen LogP contribution in [-0.2, 0) is 6.54 Å². The summed E-state index contributed by atoms with van der Waals surface area (Å²) in [6.07, 6.45) is 2.67. The predicted molar refractivity (Wildman–Crippen MR) is 52.8 cm³/mol. The van der Waals surface area contributed by atoms with Gasteiger partial charge in [0.1, 0.15) is 5.76 Å². The Morgan fingerprint density at radius 1 is 1.38 bits per heavy atom. The molecule has 3 nitrogen and oxygen atoms in total. The van der Waals surface area contributed by atoms with Crippen LogP contribution in [-0.4, -0.2) is 25.0 Å². The van der Waals surface area contributed by atoms with Crippen LogP contribution in [0.4, 0.5) is 5.88 Å². The van der Waals surface area contributed by atoms with Gasteiger partial charge in [0.25, 0.3) is 0 Å². The second-order valence-corrected chi connectivity index (χ2v) is 3.50. The molecule has 0 amide bonds. The topological polar surface area (TPSA) is 28.4 Å². The molecular weight excluding hydrogens is 164 g/mol. The Hall–Kier alpha value is -0.960. The van der Waals surface area contributed by atoms with Gasteiger partial charge in [0.05, 0.1) is 6.54 Å². The molecule has 1 aromatic heterocycles. The predicted octanol–water partition coefficient (Wildman–Crippen LogP) is 1.92. The van der Waals surface area contributed by atoms with E-state index in [1.54, 1.807) is 0 Å². The number of hydrogen-bond acceptors (Lipinski definition) is 3. The SMILES string of the molecule is CNc1ccc(CN2CCCC2)o1. The van der Waals surface area contributed by atoms with Crippen LogP contribution in [0.25, 0.3) is 0 Å². The Bertz CT molecular complexity index is 264. The van der Waals surface area contributed by atoms with E-state index in [4.69, 9.17) is 4.42 Å². The van der Waals surface area contributed by atoms with Gasteiger partial charge in [-0.05, 0) is 32.0 Å².